The minimum atomic E-state index is -0.964. The molecule has 0 bridgehead atoms. The predicted molar refractivity (Wildman–Crippen MR) is 63.5 cm³/mol. The molecule has 19 heavy (non-hydrogen) atoms. The Morgan fingerprint density at radius 2 is 1.68 bits per heavy atom. The molecule has 3 atom stereocenters. The number of rotatable bonds is 1. The number of cyclic esters (lactones) is 2. The molecule has 0 aromatic rings. The maximum atomic E-state index is 10.7. The van der Waals surface area contributed by atoms with E-state index in [-0.39, 0.29) is 5.24 Å². The minimum absolute atomic E-state index is 0.248. The third-order valence-electron chi connectivity index (χ3n) is 2.22. The van der Waals surface area contributed by atoms with E-state index in [2.05, 4.69) is 14.8 Å². The Hall–Kier alpha value is -1.77. The van der Waals surface area contributed by atoms with E-state index >= 15 is 0 Å². The summed E-state index contributed by atoms with van der Waals surface area (Å²) in [4.78, 5) is 41.8. The van der Waals surface area contributed by atoms with E-state index in [1.54, 1.807) is 0 Å². The van der Waals surface area contributed by atoms with Crippen molar-refractivity contribution in [3.8, 4) is 0 Å². The molecule has 1 amide bonds. The number of nitrogens with one attached hydrogen (secondary N) is 1. The molecule has 2 rings (SSSR count). The highest BCUT2D eigenvalue weighted by Gasteiger charge is 2.32. The number of esters is 2. The third-order valence-corrected chi connectivity index (χ3v) is 3.10. The first-order chi connectivity index (χ1) is 8.81. The summed E-state index contributed by atoms with van der Waals surface area (Å²) in [6.07, 6.45) is -1.49. The highest BCUT2D eigenvalue weighted by molar-refractivity contribution is 8.14. The van der Waals surface area contributed by atoms with Gasteiger partial charge in [0.1, 0.15) is 6.04 Å². The molecule has 0 radical (unpaired) electrons. The van der Waals surface area contributed by atoms with Gasteiger partial charge in [0, 0.05) is 5.75 Å². The van der Waals surface area contributed by atoms with Crippen molar-refractivity contribution in [2.45, 2.75) is 32.1 Å². The van der Waals surface area contributed by atoms with Gasteiger partial charge < -0.3 is 19.9 Å². The first-order valence-corrected chi connectivity index (χ1v) is 6.37. The highest BCUT2D eigenvalue weighted by atomic mass is 32.2. The van der Waals surface area contributed by atoms with E-state index in [1.165, 1.54) is 13.8 Å². The van der Waals surface area contributed by atoms with E-state index in [0.29, 0.717) is 5.75 Å². The fourth-order valence-electron chi connectivity index (χ4n) is 1.15. The fraction of sp³-hybridized carbons (Fsp3) is 0.600. The zero-order valence-electron chi connectivity index (χ0n) is 10.2. The van der Waals surface area contributed by atoms with Gasteiger partial charge in [-0.1, -0.05) is 11.8 Å². The van der Waals surface area contributed by atoms with Gasteiger partial charge in [-0.25, -0.2) is 14.4 Å². The van der Waals surface area contributed by atoms with E-state index in [1.807, 2.05) is 0 Å². The first-order valence-electron chi connectivity index (χ1n) is 5.38. The van der Waals surface area contributed by atoms with Crippen LogP contribution in [0.25, 0.3) is 0 Å². The van der Waals surface area contributed by atoms with Crippen molar-refractivity contribution in [2.75, 3.05) is 5.75 Å². The Morgan fingerprint density at radius 3 is 1.95 bits per heavy atom. The van der Waals surface area contributed by atoms with Gasteiger partial charge in [0.05, 0.1) is 0 Å². The summed E-state index contributed by atoms with van der Waals surface area (Å²) in [5.74, 6) is -1.58. The number of carbonyl (C=O) groups is 4. The Kier molecular flexibility index (Phi) is 5.16. The van der Waals surface area contributed by atoms with E-state index in [0.717, 1.165) is 11.8 Å². The normalized spacial score (nSPS) is 29.6. The maximum absolute atomic E-state index is 10.7. The second kappa shape index (κ2) is 6.41. The van der Waals surface area contributed by atoms with Crippen molar-refractivity contribution in [1.29, 1.82) is 0 Å². The standard InChI is InChI=1S/C6H8O4.C4H5NO3S/c1-3-5(7)10-4(2)6(8)9-3;6-3(7)2-1-9-4(8)5-2/h3-4H,1-2H3;2H,1H2,(H,5,8)(H,6,7). The van der Waals surface area contributed by atoms with Crippen molar-refractivity contribution in [1.82, 2.24) is 5.32 Å². The lowest BCUT2D eigenvalue weighted by Gasteiger charge is -2.22. The Bertz CT molecular complexity index is 391. The lowest BCUT2D eigenvalue weighted by Crippen LogP contribution is -2.40. The Morgan fingerprint density at radius 1 is 1.21 bits per heavy atom. The maximum Gasteiger partial charge on any atom is 0.347 e. The molecule has 2 N–H and O–H groups in total. The van der Waals surface area contributed by atoms with Crippen LogP contribution in [0.2, 0.25) is 0 Å². The van der Waals surface area contributed by atoms with Crippen LogP contribution in [0.5, 0.6) is 0 Å². The topological polar surface area (TPSA) is 119 Å². The number of aliphatic carboxylic acids is 1. The number of hydrogen-bond donors (Lipinski definition) is 2. The van der Waals surface area contributed by atoms with E-state index in [9.17, 15) is 19.2 Å². The second-order valence-electron chi connectivity index (χ2n) is 3.79. The molecular weight excluding hydrogens is 278 g/mol. The summed E-state index contributed by atoms with van der Waals surface area (Å²) in [6.45, 7) is 2.96. The van der Waals surface area contributed by atoms with Crippen LogP contribution in [0.1, 0.15) is 13.8 Å². The molecule has 0 aromatic heterocycles. The lowest BCUT2D eigenvalue weighted by atomic mass is 10.3. The third kappa shape index (κ3) is 4.43. The highest BCUT2D eigenvalue weighted by Crippen LogP contribution is 2.12. The van der Waals surface area contributed by atoms with Gasteiger partial charge in [-0.15, -0.1) is 0 Å². The number of amides is 1. The number of carbonyl (C=O) groups excluding carboxylic acids is 3. The molecule has 0 saturated carbocycles. The SMILES string of the molecule is CC1OC(=O)C(C)OC1=O.O=C1NC(C(=O)O)CS1. The quantitative estimate of drug-likeness (QED) is 0.635. The van der Waals surface area contributed by atoms with Crippen molar-refractivity contribution in [3.63, 3.8) is 0 Å². The van der Waals surface area contributed by atoms with Crippen LogP contribution in [0.15, 0.2) is 0 Å². The van der Waals surface area contributed by atoms with Crippen molar-refractivity contribution < 1.29 is 33.8 Å². The number of hydrogen-bond acceptors (Lipinski definition) is 7. The monoisotopic (exact) mass is 291 g/mol. The van der Waals surface area contributed by atoms with Crippen molar-refractivity contribution >= 4 is 34.9 Å². The Labute approximate surface area is 112 Å². The van der Waals surface area contributed by atoms with Crippen LogP contribution < -0.4 is 5.32 Å². The number of ether oxygens (including phenoxy) is 2. The molecule has 106 valence electrons. The molecule has 0 spiro atoms. The van der Waals surface area contributed by atoms with Crippen LogP contribution in [0.3, 0.4) is 0 Å². The van der Waals surface area contributed by atoms with Gasteiger partial charge in [-0.2, -0.15) is 0 Å². The first kappa shape index (κ1) is 15.3. The number of carboxylic acid groups (broad SMARTS) is 1. The van der Waals surface area contributed by atoms with E-state index in [4.69, 9.17) is 5.11 Å². The van der Waals surface area contributed by atoms with Crippen LogP contribution in [0.4, 0.5) is 4.79 Å². The summed E-state index contributed by atoms with van der Waals surface area (Å²) in [7, 11) is 0. The van der Waals surface area contributed by atoms with Gasteiger partial charge in [0.2, 0.25) is 0 Å². The summed E-state index contributed by atoms with van der Waals surface area (Å²) in [6, 6.07) is -0.678. The molecule has 8 nitrogen and oxygen atoms in total. The van der Waals surface area contributed by atoms with Gasteiger partial charge in [-0.3, -0.25) is 4.79 Å². The number of thioether (sulfide) groups is 1. The summed E-state index contributed by atoms with van der Waals surface area (Å²) < 4.78 is 9.19. The predicted octanol–water partition coefficient (Wildman–Crippen LogP) is -0.241. The summed E-state index contributed by atoms with van der Waals surface area (Å²) in [5, 5.41) is 10.3. The summed E-state index contributed by atoms with van der Waals surface area (Å²) in [5.41, 5.74) is 0. The van der Waals surface area contributed by atoms with Crippen molar-refractivity contribution in [2.24, 2.45) is 0 Å². The molecule has 2 saturated heterocycles. The Balaban J connectivity index is 0.000000191. The average molecular weight is 291 g/mol. The largest absolute Gasteiger partial charge is 0.480 e. The second-order valence-corrected chi connectivity index (χ2v) is 4.78. The smallest absolute Gasteiger partial charge is 0.347 e. The zero-order valence-corrected chi connectivity index (χ0v) is 11.1. The molecule has 2 aliphatic rings. The van der Waals surface area contributed by atoms with Crippen LogP contribution in [0, 0.1) is 0 Å². The molecule has 2 heterocycles. The van der Waals surface area contributed by atoms with Gasteiger partial charge in [0.15, 0.2) is 12.2 Å². The lowest BCUT2D eigenvalue weighted by molar-refractivity contribution is -0.191. The molecular formula is C10H13NO7S. The molecule has 0 aliphatic carbocycles. The number of carboxylic acids is 1. The van der Waals surface area contributed by atoms with Crippen molar-refractivity contribution in [3.05, 3.63) is 0 Å². The molecule has 9 heteroatoms. The van der Waals surface area contributed by atoms with Gasteiger partial charge >= 0.3 is 17.9 Å². The fourth-order valence-corrected chi connectivity index (χ4v) is 1.92. The summed E-state index contributed by atoms with van der Waals surface area (Å²) >= 11 is 1.00. The van der Waals surface area contributed by atoms with Crippen LogP contribution in [-0.2, 0) is 23.9 Å². The van der Waals surface area contributed by atoms with Gasteiger partial charge in [-0.05, 0) is 13.8 Å². The molecule has 2 fully saturated rings. The average Bonchev–Trinajstić information content (AvgIpc) is 2.74. The van der Waals surface area contributed by atoms with Crippen LogP contribution >= 0.6 is 11.8 Å². The van der Waals surface area contributed by atoms with E-state index < -0.39 is 36.2 Å². The van der Waals surface area contributed by atoms with Crippen LogP contribution in [-0.4, -0.2) is 52.3 Å². The molecule has 0 aromatic carbocycles. The molecule has 2 aliphatic heterocycles. The zero-order chi connectivity index (χ0) is 14.6. The molecule has 3 unspecified atom stereocenters. The minimum Gasteiger partial charge on any atom is -0.480 e. The van der Waals surface area contributed by atoms with Gasteiger partial charge in [0.25, 0.3) is 5.24 Å².